The maximum Gasteiger partial charge on any atom is 0.310 e. The van der Waals surface area contributed by atoms with E-state index in [2.05, 4.69) is 10.3 Å². The Hall–Kier alpha value is -1.91. The number of pyridine rings is 1. The van der Waals surface area contributed by atoms with Crippen molar-refractivity contribution in [1.29, 1.82) is 0 Å². The van der Waals surface area contributed by atoms with E-state index in [4.69, 9.17) is 0 Å². The molecule has 1 aliphatic rings. The van der Waals surface area contributed by atoms with Gasteiger partial charge < -0.3 is 10.4 Å². The molecule has 0 atom stereocenters. The lowest BCUT2D eigenvalue weighted by Crippen LogP contribution is -2.35. The van der Waals surface area contributed by atoms with Gasteiger partial charge in [0.15, 0.2) is 0 Å². The zero-order valence-corrected chi connectivity index (χ0v) is 11.5. The summed E-state index contributed by atoms with van der Waals surface area (Å²) >= 11 is 0. The maximum absolute atomic E-state index is 12.1. The SMILES string of the molecule is O=C(CC1(C(=O)O)CCCCCC1)Nc1ccccn1. The van der Waals surface area contributed by atoms with E-state index in [1.807, 2.05) is 0 Å². The van der Waals surface area contributed by atoms with E-state index in [0.717, 1.165) is 25.7 Å². The molecule has 0 aromatic carbocycles. The van der Waals surface area contributed by atoms with Gasteiger partial charge >= 0.3 is 5.97 Å². The normalized spacial score (nSPS) is 18.0. The quantitative estimate of drug-likeness (QED) is 0.829. The molecule has 5 heteroatoms. The first-order valence-electron chi connectivity index (χ1n) is 7.07. The molecule has 1 aromatic heterocycles. The third-order valence-electron chi connectivity index (χ3n) is 3.95. The number of amides is 1. The predicted molar refractivity (Wildman–Crippen MR) is 75.3 cm³/mol. The highest BCUT2D eigenvalue weighted by atomic mass is 16.4. The number of carbonyl (C=O) groups is 2. The van der Waals surface area contributed by atoms with Crippen LogP contribution >= 0.6 is 0 Å². The van der Waals surface area contributed by atoms with E-state index >= 15 is 0 Å². The van der Waals surface area contributed by atoms with Gasteiger partial charge in [-0.15, -0.1) is 0 Å². The molecule has 108 valence electrons. The lowest BCUT2D eigenvalue weighted by Gasteiger charge is -2.27. The molecule has 2 rings (SSSR count). The summed E-state index contributed by atoms with van der Waals surface area (Å²) in [4.78, 5) is 27.7. The average molecular weight is 276 g/mol. The van der Waals surface area contributed by atoms with Crippen molar-refractivity contribution in [2.24, 2.45) is 5.41 Å². The van der Waals surface area contributed by atoms with Gasteiger partial charge in [-0.05, 0) is 25.0 Å². The van der Waals surface area contributed by atoms with Crippen molar-refractivity contribution in [1.82, 2.24) is 4.98 Å². The number of carbonyl (C=O) groups excluding carboxylic acids is 1. The average Bonchev–Trinajstić information content (AvgIpc) is 2.66. The van der Waals surface area contributed by atoms with Crippen LogP contribution in [0.1, 0.15) is 44.9 Å². The third kappa shape index (κ3) is 3.56. The maximum atomic E-state index is 12.1. The van der Waals surface area contributed by atoms with Crippen molar-refractivity contribution in [2.45, 2.75) is 44.9 Å². The van der Waals surface area contributed by atoms with Crippen molar-refractivity contribution < 1.29 is 14.7 Å². The van der Waals surface area contributed by atoms with Gasteiger partial charge in [-0.1, -0.05) is 31.7 Å². The lowest BCUT2D eigenvalue weighted by molar-refractivity contribution is -0.152. The van der Waals surface area contributed by atoms with E-state index in [0.29, 0.717) is 18.7 Å². The van der Waals surface area contributed by atoms with Gasteiger partial charge in [-0.25, -0.2) is 4.98 Å². The zero-order valence-electron chi connectivity index (χ0n) is 11.5. The molecule has 0 spiro atoms. The number of anilines is 1. The number of aromatic nitrogens is 1. The van der Waals surface area contributed by atoms with Crippen LogP contribution in [0, 0.1) is 5.41 Å². The lowest BCUT2D eigenvalue weighted by atomic mass is 9.77. The van der Waals surface area contributed by atoms with Gasteiger partial charge in [0.05, 0.1) is 5.41 Å². The number of hydrogen-bond acceptors (Lipinski definition) is 3. The summed E-state index contributed by atoms with van der Waals surface area (Å²) in [6, 6.07) is 5.24. The Morgan fingerprint density at radius 2 is 1.90 bits per heavy atom. The summed E-state index contributed by atoms with van der Waals surface area (Å²) < 4.78 is 0. The molecule has 1 aliphatic carbocycles. The monoisotopic (exact) mass is 276 g/mol. The Balaban J connectivity index is 2.04. The molecule has 1 fully saturated rings. The number of carboxylic acids is 1. The molecular weight excluding hydrogens is 256 g/mol. The molecule has 1 saturated carbocycles. The van der Waals surface area contributed by atoms with Crippen LogP contribution in [0.2, 0.25) is 0 Å². The molecule has 2 N–H and O–H groups in total. The van der Waals surface area contributed by atoms with Crippen LogP contribution in [0.4, 0.5) is 5.82 Å². The molecule has 1 amide bonds. The van der Waals surface area contributed by atoms with Gasteiger partial charge in [-0.2, -0.15) is 0 Å². The summed E-state index contributed by atoms with van der Waals surface area (Å²) in [6.07, 6.45) is 6.64. The fraction of sp³-hybridized carbons (Fsp3) is 0.533. The Morgan fingerprint density at radius 3 is 2.45 bits per heavy atom. The second-order valence-corrected chi connectivity index (χ2v) is 5.44. The molecule has 20 heavy (non-hydrogen) atoms. The number of nitrogens with one attached hydrogen (secondary N) is 1. The van der Waals surface area contributed by atoms with E-state index in [1.54, 1.807) is 24.4 Å². The standard InChI is InChI=1S/C15H20N2O3/c18-13(17-12-7-3-6-10-16-12)11-15(14(19)20)8-4-1-2-5-9-15/h3,6-7,10H,1-2,4-5,8-9,11H2,(H,19,20)(H,16,17,18). The third-order valence-corrected chi connectivity index (χ3v) is 3.95. The number of carboxylic acid groups (broad SMARTS) is 1. The summed E-state index contributed by atoms with van der Waals surface area (Å²) in [7, 11) is 0. The first-order valence-corrected chi connectivity index (χ1v) is 7.07. The summed E-state index contributed by atoms with van der Waals surface area (Å²) in [5.74, 6) is -0.657. The second kappa shape index (κ2) is 6.50. The number of aliphatic carboxylic acids is 1. The van der Waals surface area contributed by atoms with Crippen molar-refractivity contribution in [3.63, 3.8) is 0 Å². The number of nitrogens with zero attached hydrogens (tertiary/aromatic N) is 1. The van der Waals surface area contributed by atoms with Crippen molar-refractivity contribution >= 4 is 17.7 Å². The highest BCUT2D eigenvalue weighted by Gasteiger charge is 2.40. The highest BCUT2D eigenvalue weighted by Crippen LogP contribution is 2.38. The van der Waals surface area contributed by atoms with E-state index in [-0.39, 0.29) is 12.3 Å². The van der Waals surface area contributed by atoms with Crippen molar-refractivity contribution in [3.05, 3.63) is 24.4 Å². The van der Waals surface area contributed by atoms with Gasteiger partial charge in [0.25, 0.3) is 0 Å². The Morgan fingerprint density at radius 1 is 1.20 bits per heavy atom. The Kier molecular flexibility index (Phi) is 4.71. The number of rotatable bonds is 4. The van der Waals surface area contributed by atoms with Gasteiger partial charge in [-0.3, -0.25) is 9.59 Å². The van der Waals surface area contributed by atoms with Crippen LogP contribution in [0.5, 0.6) is 0 Å². The Labute approximate surface area is 118 Å². The molecule has 0 aliphatic heterocycles. The van der Waals surface area contributed by atoms with Crippen LogP contribution in [-0.2, 0) is 9.59 Å². The minimum absolute atomic E-state index is 0.0267. The largest absolute Gasteiger partial charge is 0.481 e. The molecule has 1 heterocycles. The minimum Gasteiger partial charge on any atom is -0.481 e. The molecule has 1 aromatic rings. The molecule has 0 bridgehead atoms. The van der Waals surface area contributed by atoms with Gasteiger partial charge in [0, 0.05) is 12.6 Å². The van der Waals surface area contributed by atoms with Crippen LogP contribution in [-0.4, -0.2) is 22.0 Å². The van der Waals surface area contributed by atoms with E-state index in [9.17, 15) is 14.7 Å². The molecule has 5 nitrogen and oxygen atoms in total. The molecule has 0 saturated heterocycles. The van der Waals surface area contributed by atoms with Crippen LogP contribution in [0.15, 0.2) is 24.4 Å². The smallest absolute Gasteiger partial charge is 0.310 e. The van der Waals surface area contributed by atoms with Gasteiger partial charge in [0.2, 0.25) is 5.91 Å². The summed E-state index contributed by atoms with van der Waals surface area (Å²) in [6.45, 7) is 0. The first kappa shape index (κ1) is 14.5. The Bertz CT molecular complexity index is 465. The van der Waals surface area contributed by atoms with Crippen LogP contribution < -0.4 is 5.32 Å². The predicted octanol–water partition coefficient (Wildman–Crippen LogP) is 2.84. The fourth-order valence-electron chi connectivity index (χ4n) is 2.80. The van der Waals surface area contributed by atoms with Crippen LogP contribution in [0.3, 0.4) is 0 Å². The van der Waals surface area contributed by atoms with Crippen molar-refractivity contribution in [3.8, 4) is 0 Å². The van der Waals surface area contributed by atoms with E-state index in [1.165, 1.54) is 0 Å². The van der Waals surface area contributed by atoms with E-state index < -0.39 is 11.4 Å². The summed E-state index contributed by atoms with van der Waals surface area (Å²) in [5.41, 5.74) is -0.907. The fourth-order valence-corrected chi connectivity index (χ4v) is 2.80. The molecule has 0 radical (unpaired) electrons. The minimum atomic E-state index is -0.907. The first-order chi connectivity index (χ1) is 9.62. The van der Waals surface area contributed by atoms with Gasteiger partial charge in [0.1, 0.15) is 5.82 Å². The zero-order chi connectivity index (χ0) is 14.4. The molecular formula is C15H20N2O3. The molecule has 0 unspecified atom stereocenters. The second-order valence-electron chi connectivity index (χ2n) is 5.44. The highest BCUT2D eigenvalue weighted by molar-refractivity contribution is 5.93. The number of hydrogen-bond donors (Lipinski definition) is 2. The summed E-state index contributed by atoms with van der Waals surface area (Å²) in [5, 5.41) is 12.2. The van der Waals surface area contributed by atoms with Crippen LogP contribution in [0.25, 0.3) is 0 Å². The topological polar surface area (TPSA) is 79.3 Å². The van der Waals surface area contributed by atoms with Crippen molar-refractivity contribution in [2.75, 3.05) is 5.32 Å².